The predicted octanol–water partition coefficient (Wildman–Crippen LogP) is 3.50. The molecule has 17 heavy (non-hydrogen) atoms. The molecule has 0 unspecified atom stereocenters. The number of halogens is 1. The van der Waals surface area contributed by atoms with Gasteiger partial charge in [0.05, 0.1) is 17.6 Å². The minimum Gasteiger partial charge on any atom is -0.397 e. The number of benzene rings is 1. The summed E-state index contributed by atoms with van der Waals surface area (Å²) in [4.78, 5) is 6.42. The molecule has 2 N–H and O–H groups in total. The molecule has 0 spiro atoms. The predicted molar refractivity (Wildman–Crippen MR) is 75.6 cm³/mol. The van der Waals surface area contributed by atoms with Gasteiger partial charge < -0.3 is 10.6 Å². The molecule has 0 radical (unpaired) electrons. The number of aromatic nitrogens is 1. The third kappa shape index (κ3) is 2.42. The summed E-state index contributed by atoms with van der Waals surface area (Å²) in [6, 6.07) is 9.98. The first-order chi connectivity index (χ1) is 8.09. The Hall–Kier alpha value is -1.55. The molecule has 88 valence electrons. The van der Waals surface area contributed by atoms with Crippen LogP contribution in [0.25, 0.3) is 0 Å². The maximum absolute atomic E-state index is 5.71. The van der Waals surface area contributed by atoms with E-state index in [4.69, 9.17) is 5.73 Å². The lowest BCUT2D eigenvalue weighted by Crippen LogP contribution is -2.13. The summed E-state index contributed by atoms with van der Waals surface area (Å²) in [5, 5.41) is 0. The van der Waals surface area contributed by atoms with Crippen LogP contribution in [0.5, 0.6) is 0 Å². The Bertz CT molecular complexity index is 540. The van der Waals surface area contributed by atoms with E-state index in [2.05, 4.69) is 20.9 Å². The summed E-state index contributed by atoms with van der Waals surface area (Å²) < 4.78 is 1.04. The van der Waals surface area contributed by atoms with Crippen LogP contribution in [-0.2, 0) is 0 Å². The molecule has 1 aromatic carbocycles. The summed E-state index contributed by atoms with van der Waals surface area (Å²) in [6.45, 7) is 2.01. The second-order valence-electron chi connectivity index (χ2n) is 3.92. The fourth-order valence-corrected chi connectivity index (χ4v) is 2.33. The van der Waals surface area contributed by atoms with E-state index in [9.17, 15) is 0 Å². The van der Waals surface area contributed by atoms with Crippen molar-refractivity contribution in [2.24, 2.45) is 0 Å². The molecule has 3 nitrogen and oxygen atoms in total. The highest BCUT2D eigenvalue weighted by molar-refractivity contribution is 9.10. The third-order valence-electron chi connectivity index (χ3n) is 2.60. The van der Waals surface area contributed by atoms with Crippen molar-refractivity contribution in [3.05, 3.63) is 46.6 Å². The Morgan fingerprint density at radius 2 is 2.00 bits per heavy atom. The lowest BCUT2D eigenvalue weighted by molar-refractivity contribution is 1.10. The van der Waals surface area contributed by atoms with Gasteiger partial charge in [-0.2, -0.15) is 0 Å². The van der Waals surface area contributed by atoms with E-state index in [0.29, 0.717) is 5.69 Å². The molecular weight excluding hydrogens is 278 g/mol. The van der Waals surface area contributed by atoms with Crippen LogP contribution in [-0.4, -0.2) is 12.0 Å². The van der Waals surface area contributed by atoms with Crippen molar-refractivity contribution in [1.29, 1.82) is 0 Å². The highest BCUT2D eigenvalue weighted by Crippen LogP contribution is 2.31. The van der Waals surface area contributed by atoms with Gasteiger partial charge in [-0.05, 0) is 46.6 Å². The fourth-order valence-electron chi connectivity index (χ4n) is 1.78. The lowest BCUT2D eigenvalue weighted by Gasteiger charge is -2.21. The maximum atomic E-state index is 5.71. The molecule has 0 aliphatic heterocycles. The molecule has 0 aliphatic rings. The summed E-state index contributed by atoms with van der Waals surface area (Å²) >= 11 is 3.54. The van der Waals surface area contributed by atoms with Gasteiger partial charge in [0, 0.05) is 11.5 Å². The van der Waals surface area contributed by atoms with Gasteiger partial charge in [-0.25, -0.2) is 4.98 Å². The van der Waals surface area contributed by atoms with Crippen LogP contribution in [0.2, 0.25) is 0 Å². The molecule has 2 aromatic rings. The largest absolute Gasteiger partial charge is 0.397 e. The number of hydrogen-bond donors (Lipinski definition) is 1. The van der Waals surface area contributed by atoms with Gasteiger partial charge in [-0.15, -0.1) is 0 Å². The van der Waals surface area contributed by atoms with Gasteiger partial charge in [-0.1, -0.05) is 12.1 Å². The van der Waals surface area contributed by atoms with Gasteiger partial charge in [0.2, 0.25) is 0 Å². The number of anilines is 3. The molecule has 0 fully saturated rings. The smallest absolute Gasteiger partial charge is 0.135 e. The SMILES string of the molecule is Cc1cc(N)cnc1N(C)c1ccccc1Br. The summed E-state index contributed by atoms with van der Waals surface area (Å²) in [5.41, 5.74) is 8.53. The van der Waals surface area contributed by atoms with Crippen molar-refractivity contribution in [1.82, 2.24) is 4.98 Å². The zero-order valence-corrected chi connectivity index (χ0v) is 11.4. The Morgan fingerprint density at radius 1 is 1.29 bits per heavy atom. The second kappa shape index (κ2) is 4.75. The Balaban J connectivity index is 2.44. The quantitative estimate of drug-likeness (QED) is 0.921. The monoisotopic (exact) mass is 291 g/mol. The van der Waals surface area contributed by atoms with Crippen LogP contribution < -0.4 is 10.6 Å². The summed E-state index contributed by atoms with van der Waals surface area (Å²) in [6.07, 6.45) is 1.68. The van der Waals surface area contributed by atoms with Crippen LogP contribution in [0.4, 0.5) is 17.2 Å². The first-order valence-electron chi connectivity index (χ1n) is 5.30. The minimum absolute atomic E-state index is 0.687. The molecule has 1 heterocycles. The maximum Gasteiger partial charge on any atom is 0.135 e. The van der Waals surface area contributed by atoms with Crippen LogP contribution in [0, 0.1) is 6.92 Å². The van der Waals surface area contributed by atoms with E-state index in [1.165, 1.54) is 0 Å². The number of nitrogens with zero attached hydrogens (tertiary/aromatic N) is 2. The fraction of sp³-hybridized carbons (Fsp3) is 0.154. The molecule has 4 heteroatoms. The standard InChI is InChI=1S/C13H14BrN3/c1-9-7-10(15)8-16-13(9)17(2)12-6-4-3-5-11(12)14/h3-8H,15H2,1-2H3. The van der Waals surface area contributed by atoms with Crippen LogP contribution in [0.1, 0.15) is 5.56 Å². The summed E-state index contributed by atoms with van der Waals surface area (Å²) in [7, 11) is 1.99. The molecule has 0 atom stereocenters. The van der Waals surface area contributed by atoms with Gasteiger partial charge in [0.1, 0.15) is 5.82 Å². The number of nitrogens with two attached hydrogens (primary N) is 1. The van der Waals surface area contributed by atoms with E-state index in [1.807, 2.05) is 49.2 Å². The van der Waals surface area contributed by atoms with Crippen molar-refractivity contribution in [2.45, 2.75) is 6.92 Å². The summed E-state index contributed by atoms with van der Waals surface area (Å²) in [5.74, 6) is 0.908. The average Bonchev–Trinajstić information content (AvgIpc) is 2.29. The van der Waals surface area contributed by atoms with Crippen molar-refractivity contribution in [3.63, 3.8) is 0 Å². The van der Waals surface area contributed by atoms with Crippen molar-refractivity contribution < 1.29 is 0 Å². The lowest BCUT2D eigenvalue weighted by atomic mass is 10.2. The first kappa shape index (κ1) is 11.9. The van der Waals surface area contributed by atoms with E-state index in [1.54, 1.807) is 6.20 Å². The van der Waals surface area contributed by atoms with E-state index in [-0.39, 0.29) is 0 Å². The molecule has 0 saturated carbocycles. The molecule has 0 saturated heterocycles. The van der Waals surface area contributed by atoms with Gasteiger partial charge in [-0.3, -0.25) is 0 Å². The molecule has 0 amide bonds. The Morgan fingerprint density at radius 3 is 2.65 bits per heavy atom. The molecule has 1 aromatic heterocycles. The van der Waals surface area contributed by atoms with E-state index < -0.39 is 0 Å². The zero-order valence-electron chi connectivity index (χ0n) is 9.81. The molecule has 0 aliphatic carbocycles. The molecule has 0 bridgehead atoms. The van der Waals surface area contributed by atoms with Crippen molar-refractivity contribution in [3.8, 4) is 0 Å². The first-order valence-corrected chi connectivity index (χ1v) is 6.09. The highest BCUT2D eigenvalue weighted by atomic mass is 79.9. The van der Waals surface area contributed by atoms with Crippen LogP contribution in [0.3, 0.4) is 0 Å². The topological polar surface area (TPSA) is 42.1 Å². The number of hydrogen-bond acceptors (Lipinski definition) is 3. The second-order valence-corrected chi connectivity index (χ2v) is 4.77. The number of para-hydroxylation sites is 1. The van der Waals surface area contributed by atoms with E-state index in [0.717, 1.165) is 21.5 Å². The van der Waals surface area contributed by atoms with Gasteiger partial charge >= 0.3 is 0 Å². The number of aryl methyl sites for hydroxylation is 1. The molecule has 2 rings (SSSR count). The van der Waals surface area contributed by atoms with Gasteiger partial charge in [0.15, 0.2) is 0 Å². The minimum atomic E-state index is 0.687. The normalized spacial score (nSPS) is 10.3. The Kier molecular flexibility index (Phi) is 3.33. The highest BCUT2D eigenvalue weighted by Gasteiger charge is 2.10. The molecular formula is C13H14BrN3. The van der Waals surface area contributed by atoms with E-state index >= 15 is 0 Å². The Labute approximate surface area is 109 Å². The van der Waals surface area contributed by atoms with Crippen LogP contribution in [0.15, 0.2) is 41.0 Å². The van der Waals surface area contributed by atoms with Crippen molar-refractivity contribution >= 4 is 33.1 Å². The zero-order chi connectivity index (χ0) is 12.4. The number of pyridine rings is 1. The number of nitrogen functional groups attached to an aromatic ring is 1. The average molecular weight is 292 g/mol. The van der Waals surface area contributed by atoms with Crippen LogP contribution >= 0.6 is 15.9 Å². The van der Waals surface area contributed by atoms with Crippen molar-refractivity contribution in [2.75, 3.05) is 17.7 Å². The van der Waals surface area contributed by atoms with Gasteiger partial charge in [0.25, 0.3) is 0 Å². The number of rotatable bonds is 2. The third-order valence-corrected chi connectivity index (χ3v) is 3.27.